The lowest BCUT2D eigenvalue weighted by Gasteiger charge is -2.26. The molecule has 0 bridgehead atoms. The van der Waals surface area contributed by atoms with Gasteiger partial charge in [-0.2, -0.15) is 0 Å². The largest absolute Gasteiger partial charge is 0.496 e. The number of nitrogens with two attached hydrogens (primary N) is 1. The summed E-state index contributed by atoms with van der Waals surface area (Å²) in [7, 11) is 1.61. The van der Waals surface area contributed by atoms with Gasteiger partial charge in [-0.15, -0.1) is 0 Å². The summed E-state index contributed by atoms with van der Waals surface area (Å²) >= 11 is 0. The molecule has 0 aliphatic carbocycles. The van der Waals surface area contributed by atoms with E-state index in [0.29, 0.717) is 22.3 Å². The van der Waals surface area contributed by atoms with Crippen molar-refractivity contribution in [2.45, 2.75) is 32.1 Å². The lowest BCUT2D eigenvalue weighted by molar-refractivity contribution is 0.100. The fourth-order valence-electron chi connectivity index (χ4n) is 4.37. The van der Waals surface area contributed by atoms with E-state index in [1.165, 1.54) is 31.5 Å². The van der Waals surface area contributed by atoms with Crippen LogP contribution < -0.4 is 15.8 Å². The molecule has 0 spiro atoms. The Morgan fingerprint density at radius 2 is 1.97 bits per heavy atom. The Kier molecular flexibility index (Phi) is 7.03. The number of likely N-dealkylation sites (tertiary alicyclic amines) is 1. The van der Waals surface area contributed by atoms with E-state index in [0.717, 1.165) is 50.2 Å². The van der Waals surface area contributed by atoms with Gasteiger partial charge < -0.3 is 20.7 Å². The number of hydrogen-bond donors (Lipinski definition) is 2. The lowest BCUT2D eigenvalue weighted by atomic mass is 10.0. The van der Waals surface area contributed by atoms with Crippen molar-refractivity contribution in [1.29, 1.82) is 0 Å². The van der Waals surface area contributed by atoms with Crippen LogP contribution >= 0.6 is 0 Å². The van der Waals surface area contributed by atoms with Gasteiger partial charge in [0.2, 0.25) is 0 Å². The molecule has 8 heteroatoms. The van der Waals surface area contributed by atoms with Crippen LogP contribution in [0.1, 0.15) is 41.6 Å². The van der Waals surface area contributed by atoms with Crippen molar-refractivity contribution in [3.05, 3.63) is 59.3 Å². The normalized spacial score (nSPS) is 14.4. The highest BCUT2D eigenvalue weighted by atomic mass is 19.1. The van der Waals surface area contributed by atoms with Crippen molar-refractivity contribution in [2.75, 3.05) is 32.1 Å². The lowest BCUT2D eigenvalue weighted by Crippen LogP contribution is -2.30. The molecule has 0 atom stereocenters. The van der Waals surface area contributed by atoms with Gasteiger partial charge in [-0.25, -0.2) is 8.78 Å². The molecule has 1 saturated heterocycles. The number of piperidine rings is 1. The highest BCUT2D eigenvalue weighted by Crippen LogP contribution is 2.34. The number of methoxy groups -OCH3 is 1. The SMILES string of the molecule is COc1cc2ncc(C(N)=O)c(Nc3ccc(F)cc3F)c2cc1CCCN1CCCCC1. The van der Waals surface area contributed by atoms with Gasteiger partial charge >= 0.3 is 0 Å². The average Bonchev–Trinajstić information content (AvgIpc) is 2.81. The Morgan fingerprint density at radius 1 is 1.18 bits per heavy atom. The van der Waals surface area contributed by atoms with Crippen LogP contribution in [0.15, 0.2) is 36.5 Å². The fourth-order valence-corrected chi connectivity index (χ4v) is 4.37. The summed E-state index contributed by atoms with van der Waals surface area (Å²) in [6.45, 7) is 3.28. The van der Waals surface area contributed by atoms with Crippen molar-refractivity contribution in [3.8, 4) is 5.75 Å². The molecular formula is C25H28F2N4O2. The number of amides is 1. The summed E-state index contributed by atoms with van der Waals surface area (Å²) in [4.78, 5) is 19.0. The monoisotopic (exact) mass is 454 g/mol. The first-order valence-corrected chi connectivity index (χ1v) is 11.2. The third-order valence-electron chi connectivity index (χ3n) is 6.10. The zero-order valence-corrected chi connectivity index (χ0v) is 18.7. The summed E-state index contributed by atoms with van der Waals surface area (Å²) in [5, 5.41) is 3.55. The second kappa shape index (κ2) is 10.1. The van der Waals surface area contributed by atoms with Crippen LogP contribution in [-0.4, -0.2) is 42.5 Å². The van der Waals surface area contributed by atoms with Crippen molar-refractivity contribution < 1.29 is 18.3 Å². The van der Waals surface area contributed by atoms with Gasteiger partial charge in [-0.05, 0) is 69.1 Å². The number of carbonyl (C=O) groups is 1. The Labute approximate surface area is 191 Å². The third-order valence-corrected chi connectivity index (χ3v) is 6.10. The van der Waals surface area contributed by atoms with E-state index < -0.39 is 17.5 Å². The van der Waals surface area contributed by atoms with Crippen molar-refractivity contribution in [1.82, 2.24) is 9.88 Å². The molecule has 3 aromatic rings. The Balaban J connectivity index is 1.70. The number of fused-ring (bicyclic) bond motifs is 1. The number of carbonyl (C=O) groups excluding carboxylic acids is 1. The fraction of sp³-hybridized carbons (Fsp3) is 0.360. The van der Waals surface area contributed by atoms with Crippen molar-refractivity contribution in [2.24, 2.45) is 5.73 Å². The highest BCUT2D eigenvalue weighted by Gasteiger charge is 2.18. The number of hydrogen-bond acceptors (Lipinski definition) is 5. The molecule has 6 nitrogen and oxygen atoms in total. The molecule has 2 heterocycles. The Hall–Kier alpha value is -3.26. The van der Waals surface area contributed by atoms with Gasteiger partial charge in [0.05, 0.1) is 29.6 Å². The topological polar surface area (TPSA) is 80.5 Å². The van der Waals surface area contributed by atoms with Crippen LogP contribution in [-0.2, 0) is 6.42 Å². The van der Waals surface area contributed by atoms with Gasteiger partial charge in [0.25, 0.3) is 5.91 Å². The minimum atomic E-state index is -0.773. The first-order chi connectivity index (χ1) is 16.0. The maximum atomic E-state index is 14.4. The zero-order valence-electron chi connectivity index (χ0n) is 18.7. The maximum Gasteiger partial charge on any atom is 0.252 e. The van der Waals surface area contributed by atoms with Gasteiger partial charge in [-0.3, -0.25) is 9.78 Å². The number of benzene rings is 2. The molecule has 0 saturated carbocycles. The van der Waals surface area contributed by atoms with Crippen LogP contribution in [0.3, 0.4) is 0 Å². The Bertz CT molecular complexity index is 1160. The summed E-state index contributed by atoms with van der Waals surface area (Å²) < 4.78 is 33.3. The molecule has 1 amide bonds. The minimum Gasteiger partial charge on any atom is -0.496 e. The average molecular weight is 455 g/mol. The summed E-state index contributed by atoms with van der Waals surface area (Å²) in [6.07, 6.45) is 6.88. The quantitative estimate of drug-likeness (QED) is 0.512. The van der Waals surface area contributed by atoms with E-state index in [4.69, 9.17) is 10.5 Å². The van der Waals surface area contributed by atoms with E-state index in [2.05, 4.69) is 15.2 Å². The molecule has 1 aliphatic rings. The number of aryl methyl sites for hydroxylation is 1. The number of aromatic nitrogens is 1. The van der Waals surface area contributed by atoms with Gasteiger partial charge in [-0.1, -0.05) is 6.42 Å². The molecule has 1 aliphatic heterocycles. The van der Waals surface area contributed by atoms with Gasteiger partial charge in [0.15, 0.2) is 0 Å². The van der Waals surface area contributed by atoms with Crippen LogP contribution in [0, 0.1) is 11.6 Å². The first kappa shape index (κ1) is 22.9. The maximum absolute atomic E-state index is 14.4. The first-order valence-electron chi connectivity index (χ1n) is 11.2. The van der Waals surface area contributed by atoms with E-state index >= 15 is 0 Å². The number of rotatable bonds is 8. The molecule has 4 rings (SSSR count). The second-order valence-electron chi connectivity index (χ2n) is 8.35. The van der Waals surface area contributed by atoms with E-state index in [1.54, 1.807) is 7.11 Å². The van der Waals surface area contributed by atoms with E-state index in [-0.39, 0.29) is 11.3 Å². The predicted molar refractivity (Wildman–Crippen MR) is 125 cm³/mol. The number of ether oxygens (including phenoxy) is 1. The molecule has 33 heavy (non-hydrogen) atoms. The smallest absolute Gasteiger partial charge is 0.252 e. The predicted octanol–water partition coefficient (Wildman–Crippen LogP) is 4.78. The highest BCUT2D eigenvalue weighted by molar-refractivity contribution is 6.07. The van der Waals surface area contributed by atoms with E-state index in [1.807, 2.05) is 12.1 Å². The number of nitrogens with zero attached hydrogens (tertiary/aromatic N) is 2. The Morgan fingerprint density at radius 3 is 2.67 bits per heavy atom. The molecule has 1 fully saturated rings. The van der Waals surface area contributed by atoms with Crippen molar-refractivity contribution >= 4 is 28.2 Å². The molecule has 0 unspecified atom stereocenters. The number of pyridine rings is 1. The van der Waals surface area contributed by atoms with Gasteiger partial charge in [0, 0.05) is 23.7 Å². The van der Waals surface area contributed by atoms with Crippen LogP contribution in [0.5, 0.6) is 5.75 Å². The molecule has 1 aromatic heterocycles. The number of halogens is 2. The molecule has 3 N–H and O–H groups in total. The standard InChI is InChI=1S/C25H28F2N4O2/c1-33-23-14-22-18(12-16(23)6-5-11-31-9-3-2-4-10-31)24(19(15-29-22)25(28)32)30-21-8-7-17(26)13-20(21)27/h7-8,12-15H,2-6,9-11H2,1H3,(H2,28,32)(H,29,30). The van der Waals surface area contributed by atoms with Crippen molar-refractivity contribution in [3.63, 3.8) is 0 Å². The number of anilines is 2. The summed E-state index contributed by atoms with van der Waals surface area (Å²) in [5.41, 5.74) is 7.60. The third kappa shape index (κ3) is 5.22. The number of primary amides is 1. The number of nitrogens with one attached hydrogen (secondary N) is 1. The summed E-state index contributed by atoms with van der Waals surface area (Å²) in [6, 6.07) is 6.93. The van der Waals surface area contributed by atoms with Gasteiger partial charge in [0.1, 0.15) is 17.4 Å². The van der Waals surface area contributed by atoms with Crippen LogP contribution in [0.2, 0.25) is 0 Å². The molecule has 0 radical (unpaired) electrons. The van der Waals surface area contributed by atoms with Crippen LogP contribution in [0.25, 0.3) is 10.9 Å². The molecule has 174 valence electrons. The minimum absolute atomic E-state index is 0.0360. The zero-order chi connectivity index (χ0) is 23.4. The summed E-state index contributed by atoms with van der Waals surface area (Å²) in [5.74, 6) is -1.45. The second-order valence-corrected chi connectivity index (χ2v) is 8.35. The van der Waals surface area contributed by atoms with E-state index in [9.17, 15) is 13.6 Å². The molecule has 2 aromatic carbocycles. The molecular weight excluding hydrogens is 426 g/mol. The van der Waals surface area contributed by atoms with Crippen LogP contribution in [0.4, 0.5) is 20.2 Å².